The molecule has 1 aromatic heterocycles. The van der Waals surface area contributed by atoms with Crippen LogP contribution in [-0.4, -0.2) is 36.2 Å². The van der Waals surface area contributed by atoms with Crippen molar-refractivity contribution in [2.45, 2.75) is 38.1 Å². The molecule has 0 amide bonds. The van der Waals surface area contributed by atoms with Crippen molar-refractivity contribution >= 4 is 11.8 Å². The molecule has 134 valence electrons. The maximum absolute atomic E-state index is 5.89. The number of rotatable bonds is 7. The number of nitrogens with two attached hydrogens (primary N) is 2. The number of ether oxygens (including phenoxy) is 1. The van der Waals surface area contributed by atoms with E-state index in [4.69, 9.17) is 16.2 Å². The lowest BCUT2D eigenvalue weighted by Gasteiger charge is -2.32. The molecule has 25 heavy (non-hydrogen) atoms. The zero-order chi connectivity index (χ0) is 17.8. The molecule has 3 rings (SSSR count). The first-order valence-electron chi connectivity index (χ1n) is 8.82. The second-order valence-electron chi connectivity index (χ2n) is 6.88. The molecule has 6 nitrogen and oxygen atoms in total. The molecular weight excluding hydrogens is 314 g/mol. The highest BCUT2D eigenvalue weighted by Crippen LogP contribution is 2.35. The Hall–Kier alpha value is -2.34. The molecule has 0 radical (unpaired) electrons. The number of nitrogens with zero attached hydrogens (tertiary/aromatic N) is 3. The second kappa shape index (κ2) is 7.70. The third-order valence-electron chi connectivity index (χ3n) is 4.63. The van der Waals surface area contributed by atoms with Crippen molar-refractivity contribution in [3.63, 3.8) is 0 Å². The SMILES string of the molecule is Cc1cccc(OCCCN(C)c2cc(C3CC(N)C3)nc(N)n2)c1. The fraction of sp³-hybridized carbons (Fsp3) is 0.474. The summed E-state index contributed by atoms with van der Waals surface area (Å²) in [5.74, 6) is 2.52. The number of hydrogen-bond donors (Lipinski definition) is 2. The van der Waals surface area contributed by atoms with Crippen LogP contribution in [0.4, 0.5) is 11.8 Å². The van der Waals surface area contributed by atoms with Gasteiger partial charge < -0.3 is 21.1 Å². The predicted octanol–water partition coefficient (Wildman–Crippen LogP) is 2.48. The first-order chi connectivity index (χ1) is 12.0. The van der Waals surface area contributed by atoms with Crippen LogP contribution in [0.5, 0.6) is 5.75 Å². The summed E-state index contributed by atoms with van der Waals surface area (Å²) in [4.78, 5) is 10.8. The summed E-state index contributed by atoms with van der Waals surface area (Å²) in [6.45, 7) is 3.57. The molecule has 2 aromatic rings. The van der Waals surface area contributed by atoms with Crippen molar-refractivity contribution in [1.82, 2.24) is 9.97 Å². The van der Waals surface area contributed by atoms with E-state index in [0.29, 0.717) is 24.5 Å². The minimum Gasteiger partial charge on any atom is -0.494 e. The van der Waals surface area contributed by atoms with Crippen molar-refractivity contribution in [3.05, 3.63) is 41.6 Å². The number of benzene rings is 1. The molecule has 0 atom stereocenters. The monoisotopic (exact) mass is 341 g/mol. The Labute approximate surface area is 149 Å². The van der Waals surface area contributed by atoms with Gasteiger partial charge in [-0.2, -0.15) is 4.98 Å². The molecular formula is C19H27N5O. The van der Waals surface area contributed by atoms with Crippen molar-refractivity contribution in [2.24, 2.45) is 5.73 Å². The van der Waals surface area contributed by atoms with Crippen molar-refractivity contribution in [3.8, 4) is 5.75 Å². The second-order valence-corrected chi connectivity index (χ2v) is 6.88. The fourth-order valence-corrected chi connectivity index (χ4v) is 3.09. The maximum Gasteiger partial charge on any atom is 0.222 e. The van der Waals surface area contributed by atoms with E-state index in [0.717, 1.165) is 43.1 Å². The predicted molar refractivity (Wildman–Crippen MR) is 101 cm³/mol. The minimum absolute atomic E-state index is 0.293. The van der Waals surface area contributed by atoms with E-state index in [2.05, 4.69) is 27.9 Å². The standard InChI is InChI=1S/C19H27N5O/c1-13-5-3-6-16(9-13)25-8-4-7-24(2)18-12-17(22-19(21)23-18)14-10-15(20)11-14/h3,5-6,9,12,14-15H,4,7-8,10-11,20H2,1-2H3,(H2,21,22,23). The zero-order valence-electron chi connectivity index (χ0n) is 15.0. The van der Waals surface area contributed by atoms with Gasteiger partial charge in [0.05, 0.1) is 12.3 Å². The number of anilines is 2. The highest BCUT2D eigenvalue weighted by Gasteiger charge is 2.29. The summed E-state index contributed by atoms with van der Waals surface area (Å²) in [6, 6.07) is 10.4. The molecule has 4 N–H and O–H groups in total. The Morgan fingerprint density at radius 3 is 2.76 bits per heavy atom. The van der Waals surface area contributed by atoms with Gasteiger partial charge in [0.1, 0.15) is 11.6 Å². The van der Waals surface area contributed by atoms with Crippen LogP contribution in [0.3, 0.4) is 0 Å². The summed E-state index contributed by atoms with van der Waals surface area (Å²) in [6.07, 6.45) is 2.85. The van der Waals surface area contributed by atoms with Crippen molar-refractivity contribution < 1.29 is 4.74 Å². The van der Waals surface area contributed by atoms with E-state index < -0.39 is 0 Å². The molecule has 1 aliphatic carbocycles. The van der Waals surface area contributed by atoms with Crippen LogP contribution in [0, 0.1) is 6.92 Å². The summed E-state index contributed by atoms with van der Waals surface area (Å²) in [7, 11) is 2.02. The van der Waals surface area contributed by atoms with Gasteiger partial charge in [-0.1, -0.05) is 12.1 Å². The highest BCUT2D eigenvalue weighted by molar-refractivity contribution is 5.44. The van der Waals surface area contributed by atoms with E-state index in [1.807, 2.05) is 31.3 Å². The molecule has 0 saturated heterocycles. The van der Waals surface area contributed by atoms with Crippen LogP contribution in [0.1, 0.15) is 36.4 Å². The molecule has 0 unspecified atom stereocenters. The van der Waals surface area contributed by atoms with E-state index in [1.54, 1.807) is 0 Å². The maximum atomic E-state index is 5.89. The molecule has 1 heterocycles. The van der Waals surface area contributed by atoms with E-state index >= 15 is 0 Å². The van der Waals surface area contributed by atoms with Crippen LogP contribution >= 0.6 is 0 Å². The largest absolute Gasteiger partial charge is 0.494 e. The topological polar surface area (TPSA) is 90.3 Å². The first kappa shape index (κ1) is 17.5. The van der Waals surface area contributed by atoms with E-state index in [-0.39, 0.29) is 0 Å². The van der Waals surface area contributed by atoms with Gasteiger partial charge >= 0.3 is 0 Å². The Morgan fingerprint density at radius 1 is 1.24 bits per heavy atom. The average Bonchev–Trinajstić information content (AvgIpc) is 2.55. The van der Waals surface area contributed by atoms with Gasteiger partial charge in [0.2, 0.25) is 5.95 Å². The smallest absolute Gasteiger partial charge is 0.222 e. The normalized spacial score (nSPS) is 19.3. The lowest BCUT2D eigenvalue weighted by molar-refractivity contribution is 0.312. The lowest BCUT2D eigenvalue weighted by atomic mass is 9.78. The minimum atomic E-state index is 0.293. The molecule has 1 fully saturated rings. The van der Waals surface area contributed by atoms with Gasteiger partial charge in [-0.3, -0.25) is 0 Å². The Kier molecular flexibility index (Phi) is 5.38. The zero-order valence-corrected chi connectivity index (χ0v) is 15.0. The number of aryl methyl sites for hydroxylation is 1. The number of hydrogen-bond acceptors (Lipinski definition) is 6. The van der Waals surface area contributed by atoms with Crippen LogP contribution in [0.15, 0.2) is 30.3 Å². The lowest BCUT2D eigenvalue weighted by Crippen LogP contribution is -2.35. The van der Waals surface area contributed by atoms with Gasteiger partial charge in [-0.05, 0) is 43.9 Å². The van der Waals surface area contributed by atoms with Gasteiger partial charge in [-0.25, -0.2) is 4.98 Å². The van der Waals surface area contributed by atoms with Crippen molar-refractivity contribution in [2.75, 3.05) is 30.8 Å². The van der Waals surface area contributed by atoms with Crippen LogP contribution in [-0.2, 0) is 0 Å². The van der Waals surface area contributed by atoms with Gasteiger partial charge in [0, 0.05) is 31.6 Å². The average molecular weight is 341 g/mol. The van der Waals surface area contributed by atoms with E-state index in [9.17, 15) is 0 Å². The summed E-state index contributed by atoms with van der Waals surface area (Å²) >= 11 is 0. The Balaban J connectivity index is 1.51. The number of nitrogen functional groups attached to an aromatic ring is 1. The third-order valence-corrected chi connectivity index (χ3v) is 4.63. The molecule has 0 spiro atoms. The molecule has 0 aliphatic heterocycles. The quantitative estimate of drug-likeness (QED) is 0.752. The van der Waals surface area contributed by atoms with Gasteiger partial charge in [0.25, 0.3) is 0 Å². The fourth-order valence-electron chi connectivity index (χ4n) is 3.09. The summed E-state index contributed by atoms with van der Waals surface area (Å²) in [5.41, 5.74) is 14.0. The van der Waals surface area contributed by atoms with Crippen LogP contribution < -0.4 is 21.1 Å². The summed E-state index contributed by atoms with van der Waals surface area (Å²) in [5, 5.41) is 0. The van der Waals surface area contributed by atoms with Crippen molar-refractivity contribution in [1.29, 1.82) is 0 Å². The molecule has 6 heteroatoms. The third kappa shape index (κ3) is 4.60. The Morgan fingerprint density at radius 2 is 2.04 bits per heavy atom. The number of aromatic nitrogens is 2. The molecule has 0 bridgehead atoms. The van der Waals surface area contributed by atoms with Crippen LogP contribution in [0.2, 0.25) is 0 Å². The van der Waals surface area contributed by atoms with E-state index in [1.165, 1.54) is 5.56 Å². The van der Waals surface area contributed by atoms with Gasteiger partial charge in [-0.15, -0.1) is 0 Å². The van der Waals surface area contributed by atoms with Crippen LogP contribution in [0.25, 0.3) is 0 Å². The summed E-state index contributed by atoms with van der Waals surface area (Å²) < 4.78 is 5.80. The first-order valence-corrected chi connectivity index (χ1v) is 8.82. The highest BCUT2D eigenvalue weighted by atomic mass is 16.5. The molecule has 1 aromatic carbocycles. The molecule has 1 saturated carbocycles. The molecule has 1 aliphatic rings. The van der Waals surface area contributed by atoms with Gasteiger partial charge in [0.15, 0.2) is 0 Å². The Bertz CT molecular complexity index is 715.